The van der Waals surface area contributed by atoms with Crippen LogP contribution < -0.4 is 5.32 Å². The van der Waals surface area contributed by atoms with Crippen LogP contribution in [0.3, 0.4) is 0 Å². The number of aromatic nitrogens is 3. The van der Waals surface area contributed by atoms with Crippen LogP contribution >= 0.6 is 0 Å². The van der Waals surface area contributed by atoms with Crippen LogP contribution in [-0.2, 0) is 12.6 Å². The molecular weight excluding hydrogens is 345 g/mol. The van der Waals surface area contributed by atoms with E-state index in [4.69, 9.17) is 4.52 Å². The summed E-state index contributed by atoms with van der Waals surface area (Å²) in [5.74, 6) is 1.49. The molecule has 2 aromatic heterocycles. The first-order chi connectivity index (χ1) is 12.3. The summed E-state index contributed by atoms with van der Waals surface area (Å²) in [4.78, 5) is 8.35. The highest BCUT2D eigenvalue weighted by Crippen LogP contribution is 2.32. The zero-order chi connectivity index (χ0) is 18.7. The summed E-state index contributed by atoms with van der Waals surface area (Å²) in [6, 6.07) is 5.33. The van der Waals surface area contributed by atoms with E-state index in [1.54, 1.807) is 6.07 Å². The van der Waals surface area contributed by atoms with Crippen molar-refractivity contribution in [2.24, 2.45) is 0 Å². The number of pyridine rings is 1. The highest BCUT2D eigenvalue weighted by Gasteiger charge is 2.30. The molecule has 26 heavy (non-hydrogen) atoms. The molecule has 0 unspecified atom stereocenters. The molecule has 0 aliphatic heterocycles. The minimum atomic E-state index is -4.38. The quantitative estimate of drug-likeness (QED) is 0.636. The Morgan fingerprint density at radius 1 is 1.19 bits per heavy atom. The second-order valence-corrected chi connectivity index (χ2v) is 6.32. The number of benzene rings is 1. The Bertz CT molecular complexity index is 890. The normalized spacial score (nSPS) is 12.1. The number of alkyl halides is 3. The van der Waals surface area contributed by atoms with Crippen molar-refractivity contribution in [3.8, 4) is 0 Å². The van der Waals surface area contributed by atoms with Gasteiger partial charge in [-0.1, -0.05) is 25.1 Å². The lowest BCUT2D eigenvalue weighted by Gasteiger charge is -2.11. The minimum Gasteiger partial charge on any atom is -0.384 e. The molecule has 138 valence electrons. The van der Waals surface area contributed by atoms with Gasteiger partial charge >= 0.3 is 6.18 Å². The topological polar surface area (TPSA) is 63.8 Å². The largest absolute Gasteiger partial charge is 0.416 e. The third kappa shape index (κ3) is 4.12. The summed E-state index contributed by atoms with van der Waals surface area (Å²) in [6.45, 7) is 4.61. The predicted octanol–water partition coefficient (Wildman–Crippen LogP) is 4.80. The zero-order valence-electron chi connectivity index (χ0n) is 14.5. The fourth-order valence-corrected chi connectivity index (χ4v) is 2.55. The number of nitrogens with zero attached hydrogens (tertiary/aromatic N) is 3. The van der Waals surface area contributed by atoms with Crippen molar-refractivity contribution in [1.29, 1.82) is 0 Å². The molecule has 0 radical (unpaired) electrons. The van der Waals surface area contributed by atoms with Gasteiger partial charge in [-0.05, 0) is 24.6 Å². The van der Waals surface area contributed by atoms with Crippen molar-refractivity contribution in [2.75, 3.05) is 11.9 Å². The monoisotopic (exact) mass is 364 g/mol. The molecule has 0 amide bonds. The number of fused-ring (bicyclic) bond motifs is 1. The van der Waals surface area contributed by atoms with Crippen molar-refractivity contribution < 1.29 is 17.7 Å². The highest BCUT2D eigenvalue weighted by molar-refractivity contribution is 5.91. The fourth-order valence-electron chi connectivity index (χ4n) is 2.55. The van der Waals surface area contributed by atoms with Crippen molar-refractivity contribution in [3.63, 3.8) is 0 Å². The van der Waals surface area contributed by atoms with Crippen molar-refractivity contribution in [2.45, 2.75) is 38.8 Å². The molecule has 0 atom stereocenters. The maximum atomic E-state index is 12.8. The second kappa shape index (κ2) is 7.31. The molecule has 3 aromatic rings. The Hall–Kier alpha value is -2.64. The number of rotatable bonds is 6. The average molecular weight is 364 g/mol. The molecule has 5 nitrogen and oxygen atoms in total. The Labute approximate surface area is 148 Å². The number of anilines is 1. The van der Waals surface area contributed by atoms with E-state index in [-0.39, 0.29) is 5.92 Å². The highest BCUT2D eigenvalue weighted by atomic mass is 19.4. The van der Waals surface area contributed by atoms with Crippen LogP contribution in [0.15, 0.2) is 35.0 Å². The Balaban J connectivity index is 1.63. The smallest absolute Gasteiger partial charge is 0.384 e. The summed E-state index contributed by atoms with van der Waals surface area (Å²) < 4.78 is 43.6. The van der Waals surface area contributed by atoms with Gasteiger partial charge < -0.3 is 9.84 Å². The molecule has 2 heterocycles. The summed E-state index contributed by atoms with van der Waals surface area (Å²) in [5, 5.41) is 7.80. The third-order valence-electron chi connectivity index (χ3n) is 3.95. The summed E-state index contributed by atoms with van der Waals surface area (Å²) in [7, 11) is 0. The van der Waals surface area contributed by atoms with Crippen LogP contribution in [0.2, 0.25) is 0 Å². The van der Waals surface area contributed by atoms with Gasteiger partial charge in [0.05, 0.1) is 11.1 Å². The first-order valence-corrected chi connectivity index (χ1v) is 8.37. The van der Waals surface area contributed by atoms with Crippen LogP contribution in [0.1, 0.15) is 43.5 Å². The van der Waals surface area contributed by atoms with E-state index in [1.807, 2.05) is 13.8 Å². The van der Waals surface area contributed by atoms with Gasteiger partial charge in [-0.25, -0.2) is 0 Å². The van der Waals surface area contributed by atoms with Crippen molar-refractivity contribution >= 4 is 16.6 Å². The molecule has 1 N–H and O–H groups in total. The van der Waals surface area contributed by atoms with Gasteiger partial charge in [0.1, 0.15) is 0 Å². The van der Waals surface area contributed by atoms with Crippen LogP contribution in [0.5, 0.6) is 0 Å². The van der Waals surface area contributed by atoms with Crippen molar-refractivity contribution in [3.05, 3.63) is 47.7 Å². The lowest BCUT2D eigenvalue weighted by Crippen LogP contribution is -2.06. The average Bonchev–Trinajstić information content (AvgIpc) is 3.07. The molecule has 0 aliphatic rings. The van der Waals surface area contributed by atoms with Crippen LogP contribution in [-0.4, -0.2) is 21.7 Å². The lowest BCUT2D eigenvalue weighted by atomic mass is 10.1. The third-order valence-corrected chi connectivity index (χ3v) is 3.95. The molecule has 0 aliphatic carbocycles. The SMILES string of the molecule is CC(C)c1noc(CCCNc2ccnc3cc(C(F)(F)F)ccc23)n1. The van der Waals surface area contributed by atoms with Gasteiger partial charge in [-0.2, -0.15) is 18.2 Å². The van der Waals surface area contributed by atoms with Gasteiger partial charge in [0, 0.05) is 36.2 Å². The van der Waals surface area contributed by atoms with E-state index in [1.165, 1.54) is 12.3 Å². The Morgan fingerprint density at radius 3 is 2.69 bits per heavy atom. The van der Waals surface area contributed by atoms with Gasteiger partial charge in [-0.3, -0.25) is 4.98 Å². The zero-order valence-corrected chi connectivity index (χ0v) is 14.5. The molecule has 0 spiro atoms. The molecule has 0 saturated carbocycles. The maximum absolute atomic E-state index is 12.8. The number of nitrogens with one attached hydrogen (secondary N) is 1. The number of aryl methyl sites for hydroxylation is 1. The standard InChI is InChI=1S/C18H19F3N4O/c1-11(2)17-24-16(26-25-17)4-3-8-22-14-7-9-23-15-10-12(18(19,20)21)5-6-13(14)15/h5-7,9-11H,3-4,8H2,1-2H3,(H,22,23). The van der Waals surface area contributed by atoms with Crippen LogP contribution in [0, 0.1) is 0 Å². The second-order valence-electron chi connectivity index (χ2n) is 6.32. The molecule has 3 rings (SSSR count). The lowest BCUT2D eigenvalue weighted by molar-refractivity contribution is -0.137. The van der Waals surface area contributed by atoms with Gasteiger partial charge in [-0.15, -0.1) is 0 Å². The number of hydrogen-bond acceptors (Lipinski definition) is 5. The molecule has 0 bridgehead atoms. The number of hydrogen-bond donors (Lipinski definition) is 1. The Kier molecular flexibility index (Phi) is 5.11. The fraction of sp³-hybridized carbons (Fsp3) is 0.389. The van der Waals surface area contributed by atoms with Gasteiger partial charge in [0.2, 0.25) is 5.89 Å². The number of halogens is 3. The van der Waals surface area contributed by atoms with Crippen LogP contribution in [0.25, 0.3) is 10.9 Å². The molecule has 8 heteroatoms. The van der Waals surface area contributed by atoms with E-state index in [2.05, 4.69) is 20.4 Å². The molecule has 0 fully saturated rings. The summed E-state index contributed by atoms with van der Waals surface area (Å²) in [5.41, 5.74) is 0.354. The van der Waals surface area contributed by atoms with Gasteiger partial charge in [0.15, 0.2) is 5.82 Å². The van der Waals surface area contributed by atoms with E-state index in [9.17, 15) is 13.2 Å². The molecular formula is C18H19F3N4O. The predicted molar refractivity (Wildman–Crippen MR) is 91.9 cm³/mol. The molecule has 0 saturated heterocycles. The minimum absolute atomic E-state index is 0.218. The summed E-state index contributed by atoms with van der Waals surface area (Å²) >= 11 is 0. The van der Waals surface area contributed by atoms with E-state index >= 15 is 0 Å². The first-order valence-electron chi connectivity index (χ1n) is 8.37. The maximum Gasteiger partial charge on any atom is 0.416 e. The molecule has 1 aromatic carbocycles. The van der Waals surface area contributed by atoms with E-state index < -0.39 is 11.7 Å². The van der Waals surface area contributed by atoms with Gasteiger partial charge in [0.25, 0.3) is 0 Å². The van der Waals surface area contributed by atoms with E-state index in [0.29, 0.717) is 35.6 Å². The van der Waals surface area contributed by atoms with Crippen molar-refractivity contribution in [1.82, 2.24) is 15.1 Å². The summed E-state index contributed by atoms with van der Waals surface area (Å²) in [6.07, 6.45) is -1.49. The first kappa shape index (κ1) is 18.2. The Morgan fingerprint density at radius 2 is 2.00 bits per heavy atom. The van der Waals surface area contributed by atoms with E-state index in [0.717, 1.165) is 24.2 Å². The van der Waals surface area contributed by atoms with Crippen LogP contribution in [0.4, 0.5) is 18.9 Å².